The highest BCUT2D eigenvalue weighted by molar-refractivity contribution is 9.10. The van der Waals surface area contributed by atoms with Crippen molar-refractivity contribution in [3.63, 3.8) is 0 Å². The molecule has 0 aliphatic heterocycles. The zero-order valence-electron chi connectivity index (χ0n) is 10.5. The maximum absolute atomic E-state index is 10.3. The molecule has 1 N–H and O–H groups in total. The molecule has 2 nitrogen and oxygen atoms in total. The Bertz CT molecular complexity index is 751. The SMILES string of the molecule is OC(Cc1cccc(Cl)c1)c1cc2cccc(Br)c2o1. The van der Waals surface area contributed by atoms with E-state index in [1.165, 1.54) is 0 Å². The summed E-state index contributed by atoms with van der Waals surface area (Å²) in [7, 11) is 0. The van der Waals surface area contributed by atoms with Crippen LogP contribution in [-0.4, -0.2) is 5.11 Å². The molecule has 0 bridgehead atoms. The highest BCUT2D eigenvalue weighted by Crippen LogP contribution is 2.31. The number of fused-ring (bicyclic) bond motifs is 1. The summed E-state index contributed by atoms with van der Waals surface area (Å²) in [6.45, 7) is 0. The van der Waals surface area contributed by atoms with Crippen molar-refractivity contribution in [2.24, 2.45) is 0 Å². The van der Waals surface area contributed by atoms with E-state index in [9.17, 15) is 5.11 Å². The smallest absolute Gasteiger partial charge is 0.148 e. The molecule has 1 aromatic heterocycles. The van der Waals surface area contributed by atoms with Crippen molar-refractivity contribution in [3.05, 3.63) is 69.3 Å². The third-order valence-corrected chi connectivity index (χ3v) is 4.02. The van der Waals surface area contributed by atoms with Crippen molar-refractivity contribution >= 4 is 38.5 Å². The van der Waals surface area contributed by atoms with E-state index >= 15 is 0 Å². The predicted octanol–water partition coefficient (Wildman–Crippen LogP) is 5.12. The van der Waals surface area contributed by atoms with Crippen LogP contribution >= 0.6 is 27.5 Å². The van der Waals surface area contributed by atoms with Gasteiger partial charge in [0, 0.05) is 16.8 Å². The quantitative estimate of drug-likeness (QED) is 0.710. The highest BCUT2D eigenvalue weighted by atomic mass is 79.9. The first-order valence-electron chi connectivity index (χ1n) is 6.24. The lowest BCUT2D eigenvalue weighted by atomic mass is 10.1. The first-order valence-corrected chi connectivity index (χ1v) is 7.41. The number of rotatable bonds is 3. The molecule has 3 aromatic rings. The Kier molecular flexibility index (Phi) is 3.83. The summed E-state index contributed by atoms with van der Waals surface area (Å²) < 4.78 is 6.62. The number of benzene rings is 2. The van der Waals surface area contributed by atoms with Crippen molar-refractivity contribution in [1.29, 1.82) is 0 Å². The lowest BCUT2D eigenvalue weighted by Crippen LogP contribution is -2.00. The molecule has 20 heavy (non-hydrogen) atoms. The van der Waals surface area contributed by atoms with Gasteiger partial charge in [0.05, 0.1) is 4.47 Å². The molecule has 102 valence electrons. The van der Waals surface area contributed by atoms with Crippen molar-refractivity contribution in [3.8, 4) is 0 Å². The molecule has 0 fully saturated rings. The zero-order chi connectivity index (χ0) is 14.1. The summed E-state index contributed by atoms with van der Waals surface area (Å²) in [5, 5.41) is 11.9. The lowest BCUT2D eigenvalue weighted by molar-refractivity contribution is 0.152. The van der Waals surface area contributed by atoms with Gasteiger partial charge < -0.3 is 9.52 Å². The summed E-state index contributed by atoms with van der Waals surface area (Å²) in [5.41, 5.74) is 1.73. The van der Waals surface area contributed by atoms with E-state index in [2.05, 4.69) is 15.9 Å². The monoisotopic (exact) mass is 350 g/mol. The molecule has 3 rings (SSSR count). The number of halogens is 2. The lowest BCUT2D eigenvalue weighted by Gasteiger charge is -2.07. The number of hydrogen-bond donors (Lipinski definition) is 1. The van der Waals surface area contributed by atoms with Gasteiger partial charge in [-0.25, -0.2) is 0 Å². The van der Waals surface area contributed by atoms with E-state index in [1.807, 2.05) is 48.5 Å². The first kappa shape index (κ1) is 13.7. The molecule has 1 atom stereocenters. The molecule has 1 unspecified atom stereocenters. The van der Waals surface area contributed by atoms with Crippen LogP contribution in [0.15, 0.2) is 57.4 Å². The van der Waals surface area contributed by atoms with Gasteiger partial charge in [-0.15, -0.1) is 0 Å². The van der Waals surface area contributed by atoms with Crippen LogP contribution in [0.25, 0.3) is 11.0 Å². The van der Waals surface area contributed by atoms with Crippen molar-refractivity contribution in [1.82, 2.24) is 0 Å². The van der Waals surface area contributed by atoms with Gasteiger partial charge in [0.1, 0.15) is 17.4 Å². The van der Waals surface area contributed by atoms with Crippen LogP contribution in [0.2, 0.25) is 5.02 Å². The van der Waals surface area contributed by atoms with Gasteiger partial charge in [0.15, 0.2) is 0 Å². The molecule has 0 amide bonds. The summed E-state index contributed by atoms with van der Waals surface area (Å²) in [4.78, 5) is 0. The molecule has 1 heterocycles. The molecule has 0 saturated heterocycles. The zero-order valence-corrected chi connectivity index (χ0v) is 12.9. The Morgan fingerprint density at radius 1 is 1.15 bits per heavy atom. The molecule has 0 spiro atoms. The molecular weight excluding hydrogens is 340 g/mol. The third-order valence-electron chi connectivity index (χ3n) is 3.16. The fourth-order valence-electron chi connectivity index (χ4n) is 2.20. The fraction of sp³-hybridized carbons (Fsp3) is 0.125. The van der Waals surface area contributed by atoms with Crippen LogP contribution in [-0.2, 0) is 6.42 Å². The minimum absolute atomic E-state index is 0.470. The standard InChI is InChI=1S/C16H12BrClO2/c17-13-6-2-4-11-9-15(20-16(11)13)14(19)8-10-3-1-5-12(18)7-10/h1-7,9,14,19H,8H2. The summed E-state index contributed by atoms with van der Waals surface area (Å²) in [5.74, 6) is 0.562. The molecule has 4 heteroatoms. The Labute approximate surface area is 130 Å². The van der Waals surface area contributed by atoms with Gasteiger partial charge in [-0.1, -0.05) is 35.9 Å². The maximum atomic E-state index is 10.3. The van der Waals surface area contributed by atoms with Crippen LogP contribution in [0.3, 0.4) is 0 Å². The number of furan rings is 1. The Morgan fingerprint density at radius 2 is 1.95 bits per heavy atom. The Balaban J connectivity index is 1.89. The average molecular weight is 352 g/mol. The van der Waals surface area contributed by atoms with E-state index < -0.39 is 6.10 Å². The minimum atomic E-state index is -0.687. The van der Waals surface area contributed by atoms with Gasteiger partial charge >= 0.3 is 0 Å². The van der Waals surface area contributed by atoms with Crippen molar-refractivity contribution in [2.45, 2.75) is 12.5 Å². The summed E-state index contributed by atoms with van der Waals surface area (Å²) in [6.07, 6.45) is -0.217. The number of hydrogen-bond acceptors (Lipinski definition) is 2. The predicted molar refractivity (Wildman–Crippen MR) is 84.0 cm³/mol. The summed E-state index contributed by atoms with van der Waals surface area (Å²) in [6, 6.07) is 15.2. The van der Waals surface area contributed by atoms with Crippen LogP contribution < -0.4 is 0 Å². The van der Waals surface area contributed by atoms with Crippen LogP contribution in [0.1, 0.15) is 17.4 Å². The minimum Gasteiger partial charge on any atom is -0.457 e. The number of aliphatic hydroxyl groups excluding tert-OH is 1. The normalized spacial score (nSPS) is 12.8. The van der Waals surface area contributed by atoms with E-state index in [0.717, 1.165) is 21.0 Å². The molecule has 0 aliphatic rings. The second-order valence-corrected chi connectivity index (χ2v) is 5.95. The second-order valence-electron chi connectivity index (χ2n) is 4.66. The van der Waals surface area contributed by atoms with E-state index in [4.69, 9.17) is 16.0 Å². The number of para-hydroxylation sites is 1. The van der Waals surface area contributed by atoms with Gasteiger partial charge in [-0.2, -0.15) is 0 Å². The van der Waals surface area contributed by atoms with Crippen LogP contribution in [0, 0.1) is 0 Å². The van der Waals surface area contributed by atoms with Crippen molar-refractivity contribution < 1.29 is 9.52 Å². The van der Waals surface area contributed by atoms with E-state index in [0.29, 0.717) is 17.2 Å². The Morgan fingerprint density at radius 3 is 2.70 bits per heavy atom. The van der Waals surface area contributed by atoms with Gasteiger partial charge in [0.25, 0.3) is 0 Å². The number of aliphatic hydroxyl groups is 1. The van der Waals surface area contributed by atoms with Crippen molar-refractivity contribution in [2.75, 3.05) is 0 Å². The average Bonchev–Trinajstić information content (AvgIpc) is 2.84. The highest BCUT2D eigenvalue weighted by Gasteiger charge is 2.15. The molecule has 0 radical (unpaired) electrons. The summed E-state index contributed by atoms with van der Waals surface area (Å²) >= 11 is 9.39. The largest absolute Gasteiger partial charge is 0.457 e. The topological polar surface area (TPSA) is 33.4 Å². The third kappa shape index (κ3) is 2.75. The van der Waals surface area contributed by atoms with Crippen LogP contribution in [0.5, 0.6) is 0 Å². The molecule has 0 saturated carbocycles. The fourth-order valence-corrected chi connectivity index (χ4v) is 2.87. The first-order chi connectivity index (χ1) is 9.63. The van der Waals surface area contributed by atoms with Gasteiger partial charge in [-0.3, -0.25) is 0 Å². The van der Waals surface area contributed by atoms with E-state index in [-0.39, 0.29) is 0 Å². The molecule has 2 aromatic carbocycles. The van der Waals surface area contributed by atoms with Gasteiger partial charge in [-0.05, 0) is 45.8 Å². The maximum Gasteiger partial charge on any atom is 0.148 e. The molecule has 0 aliphatic carbocycles. The second kappa shape index (κ2) is 5.60. The molecular formula is C16H12BrClO2. The van der Waals surface area contributed by atoms with E-state index in [1.54, 1.807) is 0 Å². The Hall–Kier alpha value is -1.29. The van der Waals surface area contributed by atoms with Crippen LogP contribution in [0.4, 0.5) is 0 Å². The van der Waals surface area contributed by atoms with Gasteiger partial charge in [0.2, 0.25) is 0 Å².